The van der Waals surface area contributed by atoms with E-state index in [1.807, 2.05) is 28.8 Å². The van der Waals surface area contributed by atoms with E-state index in [1.165, 1.54) is 5.56 Å². The number of nitrogens with zero attached hydrogens (tertiary/aromatic N) is 3. The van der Waals surface area contributed by atoms with Crippen LogP contribution in [0.15, 0.2) is 54.6 Å². The van der Waals surface area contributed by atoms with Gasteiger partial charge < -0.3 is 0 Å². The van der Waals surface area contributed by atoms with Gasteiger partial charge in [0.05, 0.1) is 6.04 Å². The Bertz CT molecular complexity index is 901. The maximum Gasteiger partial charge on any atom is 0.199 e. The van der Waals surface area contributed by atoms with Crippen LogP contribution in [-0.2, 0) is 6.54 Å². The highest BCUT2D eigenvalue weighted by Gasteiger charge is 2.30. The second-order valence-corrected chi connectivity index (χ2v) is 7.14. The fraction of sp³-hybridized carbons (Fsp3) is 0.263. The van der Waals surface area contributed by atoms with Gasteiger partial charge in [-0.3, -0.25) is 14.6 Å². The van der Waals surface area contributed by atoms with Crippen molar-refractivity contribution in [3.8, 4) is 5.69 Å². The summed E-state index contributed by atoms with van der Waals surface area (Å²) >= 11 is 11.5. The number of H-pyrrole nitrogens is 1. The van der Waals surface area contributed by atoms with E-state index < -0.39 is 0 Å². The second kappa shape index (κ2) is 7.12. The molecule has 1 aliphatic rings. The molecule has 6 heteroatoms. The molecule has 25 heavy (non-hydrogen) atoms. The van der Waals surface area contributed by atoms with Crippen molar-refractivity contribution in [3.05, 3.63) is 75.8 Å². The topological polar surface area (TPSA) is 36.9 Å². The minimum absolute atomic E-state index is 0.254. The van der Waals surface area contributed by atoms with Crippen LogP contribution in [0.5, 0.6) is 0 Å². The third-order valence-electron chi connectivity index (χ3n) is 4.67. The highest BCUT2D eigenvalue weighted by Crippen LogP contribution is 2.33. The van der Waals surface area contributed by atoms with Gasteiger partial charge in [0.1, 0.15) is 0 Å². The molecule has 2 aromatic carbocycles. The van der Waals surface area contributed by atoms with Crippen molar-refractivity contribution in [1.29, 1.82) is 0 Å². The maximum atomic E-state index is 6.03. The molecule has 0 amide bonds. The summed E-state index contributed by atoms with van der Waals surface area (Å²) in [5.41, 5.74) is 2.31. The molecule has 3 aromatic rings. The van der Waals surface area contributed by atoms with Gasteiger partial charge in [0, 0.05) is 17.3 Å². The first-order chi connectivity index (χ1) is 12.2. The Balaban J connectivity index is 1.67. The molecule has 0 spiro atoms. The van der Waals surface area contributed by atoms with E-state index in [0.29, 0.717) is 9.79 Å². The van der Waals surface area contributed by atoms with Gasteiger partial charge in [-0.1, -0.05) is 41.9 Å². The monoisotopic (exact) mass is 370 g/mol. The average molecular weight is 371 g/mol. The predicted molar refractivity (Wildman–Crippen MR) is 103 cm³/mol. The highest BCUT2D eigenvalue weighted by atomic mass is 35.5. The van der Waals surface area contributed by atoms with Crippen LogP contribution in [0.25, 0.3) is 5.69 Å². The SMILES string of the molecule is S=c1[nH]nc([C@H]2CCCN2Cc2ccccc2)n1-c1ccc(Cl)cc1. The number of rotatable bonds is 4. The van der Waals surface area contributed by atoms with Crippen molar-refractivity contribution >= 4 is 23.8 Å². The Morgan fingerprint density at radius 1 is 1.12 bits per heavy atom. The summed E-state index contributed by atoms with van der Waals surface area (Å²) in [5, 5.41) is 8.24. The average Bonchev–Trinajstić information content (AvgIpc) is 3.23. The van der Waals surface area contributed by atoms with Gasteiger partial charge in [-0.15, -0.1) is 0 Å². The number of benzene rings is 2. The van der Waals surface area contributed by atoms with Crippen LogP contribution in [0, 0.1) is 4.77 Å². The van der Waals surface area contributed by atoms with Gasteiger partial charge in [-0.25, -0.2) is 0 Å². The van der Waals surface area contributed by atoms with E-state index in [2.05, 4.69) is 45.4 Å². The molecule has 128 valence electrons. The lowest BCUT2D eigenvalue weighted by atomic mass is 10.1. The predicted octanol–water partition coefficient (Wildman–Crippen LogP) is 4.92. The molecule has 0 radical (unpaired) electrons. The lowest BCUT2D eigenvalue weighted by molar-refractivity contribution is 0.237. The zero-order chi connectivity index (χ0) is 17.2. The number of hydrogen-bond acceptors (Lipinski definition) is 3. The molecule has 1 atom stereocenters. The Hall–Kier alpha value is -1.95. The van der Waals surface area contributed by atoms with E-state index in [9.17, 15) is 0 Å². The van der Waals surface area contributed by atoms with Crippen molar-refractivity contribution in [2.75, 3.05) is 6.54 Å². The summed E-state index contributed by atoms with van der Waals surface area (Å²) in [6, 6.07) is 18.5. The molecule has 1 fully saturated rings. The van der Waals surface area contributed by atoms with E-state index in [4.69, 9.17) is 23.8 Å². The van der Waals surface area contributed by atoms with Crippen molar-refractivity contribution in [2.45, 2.75) is 25.4 Å². The van der Waals surface area contributed by atoms with Gasteiger partial charge in [0.15, 0.2) is 10.6 Å². The van der Waals surface area contributed by atoms with Gasteiger partial charge in [0.25, 0.3) is 0 Å². The Labute approximate surface area is 157 Å². The first-order valence-electron chi connectivity index (χ1n) is 8.43. The number of aromatic nitrogens is 3. The van der Waals surface area contributed by atoms with Crippen LogP contribution < -0.4 is 0 Å². The fourth-order valence-corrected chi connectivity index (χ4v) is 3.87. The van der Waals surface area contributed by atoms with E-state index >= 15 is 0 Å². The largest absolute Gasteiger partial charge is 0.289 e. The first-order valence-corrected chi connectivity index (χ1v) is 9.22. The van der Waals surface area contributed by atoms with Gasteiger partial charge >= 0.3 is 0 Å². The smallest absolute Gasteiger partial charge is 0.199 e. The second-order valence-electron chi connectivity index (χ2n) is 6.31. The van der Waals surface area contributed by atoms with Crippen molar-refractivity contribution in [3.63, 3.8) is 0 Å². The molecular formula is C19H19ClN4S. The van der Waals surface area contributed by atoms with E-state index in [-0.39, 0.29) is 6.04 Å². The molecule has 2 heterocycles. The summed E-state index contributed by atoms with van der Waals surface area (Å²) < 4.78 is 2.64. The third kappa shape index (κ3) is 3.40. The van der Waals surface area contributed by atoms with Crippen molar-refractivity contribution in [2.24, 2.45) is 0 Å². The van der Waals surface area contributed by atoms with Crippen molar-refractivity contribution in [1.82, 2.24) is 19.7 Å². The van der Waals surface area contributed by atoms with E-state index in [1.54, 1.807) is 0 Å². The molecule has 1 saturated heterocycles. The Kier molecular flexibility index (Phi) is 4.70. The molecule has 0 unspecified atom stereocenters. The zero-order valence-corrected chi connectivity index (χ0v) is 15.3. The van der Waals surface area contributed by atoms with Crippen LogP contribution >= 0.6 is 23.8 Å². The summed E-state index contributed by atoms with van der Waals surface area (Å²) in [6.07, 6.45) is 2.25. The molecule has 1 N–H and O–H groups in total. The van der Waals surface area contributed by atoms with Crippen molar-refractivity contribution < 1.29 is 0 Å². The minimum Gasteiger partial charge on any atom is -0.289 e. The minimum atomic E-state index is 0.254. The molecule has 4 nitrogen and oxygen atoms in total. The summed E-state index contributed by atoms with van der Waals surface area (Å²) in [5.74, 6) is 0.973. The zero-order valence-electron chi connectivity index (χ0n) is 13.7. The lowest BCUT2D eigenvalue weighted by Crippen LogP contribution is -2.25. The van der Waals surface area contributed by atoms with E-state index in [0.717, 1.165) is 37.4 Å². The first kappa shape index (κ1) is 16.5. The van der Waals surface area contributed by atoms with Crippen LogP contribution in [0.1, 0.15) is 30.3 Å². The Morgan fingerprint density at radius 3 is 2.64 bits per heavy atom. The molecular weight excluding hydrogens is 352 g/mol. The summed E-state index contributed by atoms with van der Waals surface area (Å²) in [4.78, 5) is 2.48. The maximum absolute atomic E-state index is 6.03. The normalized spacial score (nSPS) is 17.9. The van der Waals surface area contributed by atoms with Gasteiger partial charge in [-0.05, 0) is 61.4 Å². The lowest BCUT2D eigenvalue weighted by Gasteiger charge is -2.24. The Morgan fingerprint density at radius 2 is 1.88 bits per heavy atom. The number of aromatic amines is 1. The summed E-state index contributed by atoms with van der Waals surface area (Å²) in [6.45, 7) is 1.99. The molecule has 4 rings (SSSR count). The third-order valence-corrected chi connectivity index (χ3v) is 5.20. The quantitative estimate of drug-likeness (QED) is 0.662. The fourth-order valence-electron chi connectivity index (χ4n) is 3.50. The molecule has 1 aromatic heterocycles. The molecule has 1 aliphatic heterocycles. The van der Waals surface area contributed by atoms with Crippen LogP contribution in [0.4, 0.5) is 0 Å². The molecule has 0 aliphatic carbocycles. The summed E-state index contributed by atoms with van der Waals surface area (Å²) in [7, 11) is 0. The number of likely N-dealkylation sites (tertiary alicyclic amines) is 1. The number of hydrogen-bond donors (Lipinski definition) is 1. The van der Waals surface area contributed by atoms with Gasteiger partial charge in [0.2, 0.25) is 0 Å². The van der Waals surface area contributed by atoms with Crippen LogP contribution in [0.2, 0.25) is 5.02 Å². The molecule has 0 saturated carbocycles. The standard InChI is InChI=1S/C19H19ClN4S/c20-15-8-10-16(11-9-15)24-18(21-22-19(24)25)17-7-4-12-23(17)13-14-5-2-1-3-6-14/h1-3,5-6,8-11,17H,4,7,12-13H2,(H,22,25)/t17-/m1/s1. The van der Waals surface area contributed by atoms with Crippen LogP contribution in [-0.4, -0.2) is 26.2 Å². The van der Waals surface area contributed by atoms with Crippen LogP contribution in [0.3, 0.4) is 0 Å². The highest BCUT2D eigenvalue weighted by molar-refractivity contribution is 7.71. The van der Waals surface area contributed by atoms with Gasteiger partial charge in [-0.2, -0.15) is 5.10 Å². The molecule has 0 bridgehead atoms. The number of nitrogens with one attached hydrogen (secondary N) is 1. The number of halogens is 1.